The van der Waals surface area contributed by atoms with E-state index in [0.29, 0.717) is 11.9 Å². The Morgan fingerprint density at radius 3 is 2.74 bits per heavy atom. The van der Waals surface area contributed by atoms with Crippen molar-refractivity contribution in [2.24, 2.45) is 0 Å². The van der Waals surface area contributed by atoms with Gasteiger partial charge in [-0.3, -0.25) is 4.79 Å². The van der Waals surface area contributed by atoms with Crippen LogP contribution in [0.25, 0.3) is 10.9 Å². The average Bonchev–Trinajstić information content (AvgIpc) is 2.78. The van der Waals surface area contributed by atoms with Crippen LogP contribution in [-0.2, 0) is 4.79 Å². The number of amides is 1. The van der Waals surface area contributed by atoms with Gasteiger partial charge in [-0.25, -0.2) is 4.79 Å². The molecule has 19 heavy (non-hydrogen) atoms. The van der Waals surface area contributed by atoms with Gasteiger partial charge in [-0.05, 0) is 24.6 Å². The van der Waals surface area contributed by atoms with Crippen LogP contribution >= 0.6 is 0 Å². The summed E-state index contributed by atoms with van der Waals surface area (Å²) in [6.45, 7) is 1.68. The van der Waals surface area contributed by atoms with E-state index in [1.165, 1.54) is 12.1 Å². The van der Waals surface area contributed by atoms with Gasteiger partial charge >= 0.3 is 5.97 Å². The summed E-state index contributed by atoms with van der Waals surface area (Å²) < 4.78 is 0. The summed E-state index contributed by atoms with van der Waals surface area (Å²) in [4.78, 5) is 25.6. The zero-order valence-electron chi connectivity index (χ0n) is 10.3. The van der Waals surface area contributed by atoms with Gasteiger partial charge in [-0.15, -0.1) is 0 Å². The van der Waals surface area contributed by atoms with Gasteiger partial charge in [-0.1, -0.05) is 6.92 Å². The number of nitrogens with one attached hydrogen (secondary N) is 2. The Morgan fingerprint density at radius 1 is 1.37 bits per heavy atom. The van der Waals surface area contributed by atoms with Gasteiger partial charge in [0.25, 0.3) is 5.91 Å². The fourth-order valence-corrected chi connectivity index (χ4v) is 1.81. The monoisotopic (exact) mass is 262 g/mol. The number of carbonyl (C=O) groups excluding carboxylic acids is 1. The van der Waals surface area contributed by atoms with Gasteiger partial charge in [-0.2, -0.15) is 0 Å². The van der Waals surface area contributed by atoms with E-state index in [-0.39, 0.29) is 11.4 Å². The minimum atomic E-state index is -1.07. The number of fused-ring (bicyclic) bond motifs is 1. The lowest BCUT2D eigenvalue weighted by molar-refractivity contribution is -0.139. The van der Waals surface area contributed by atoms with Gasteiger partial charge in [0.1, 0.15) is 17.5 Å². The Labute approximate surface area is 109 Å². The van der Waals surface area contributed by atoms with Crippen LogP contribution in [-0.4, -0.2) is 33.1 Å². The third-order valence-corrected chi connectivity index (χ3v) is 2.86. The molecule has 1 atom stereocenters. The first kappa shape index (κ1) is 12.9. The third-order valence-electron chi connectivity index (χ3n) is 2.86. The largest absolute Gasteiger partial charge is 0.508 e. The number of aromatic nitrogens is 1. The lowest BCUT2D eigenvalue weighted by Crippen LogP contribution is -2.40. The van der Waals surface area contributed by atoms with Crippen LogP contribution in [0.1, 0.15) is 23.8 Å². The van der Waals surface area contributed by atoms with Crippen molar-refractivity contribution in [3.63, 3.8) is 0 Å². The second-order valence-corrected chi connectivity index (χ2v) is 4.23. The molecule has 0 saturated heterocycles. The normalized spacial score (nSPS) is 12.3. The van der Waals surface area contributed by atoms with Crippen molar-refractivity contribution < 1.29 is 19.8 Å². The maximum Gasteiger partial charge on any atom is 0.326 e. The van der Waals surface area contributed by atoms with E-state index < -0.39 is 17.9 Å². The molecule has 1 aromatic carbocycles. The number of aliphatic carboxylic acids is 1. The van der Waals surface area contributed by atoms with Crippen LogP contribution in [0.4, 0.5) is 0 Å². The molecule has 0 spiro atoms. The van der Waals surface area contributed by atoms with Crippen molar-refractivity contribution >= 4 is 22.8 Å². The van der Waals surface area contributed by atoms with Crippen molar-refractivity contribution in [3.8, 4) is 5.75 Å². The average molecular weight is 262 g/mol. The number of hydrogen-bond donors (Lipinski definition) is 4. The fourth-order valence-electron chi connectivity index (χ4n) is 1.81. The van der Waals surface area contributed by atoms with E-state index in [0.717, 1.165) is 5.39 Å². The molecule has 6 heteroatoms. The van der Waals surface area contributed by atoms with Crippen molar-refractivity contribution in [1.29, 1.82) is 0 Å². The maximum absolute atomic E-state index is 11.9. The smallest absolute Gasteiger partial charge is 0.326 e. The zero-order chi connectivity index (χ0) is 14.0. The Kier molecular flexibility index (Phi) is 3.41. The quantitative estimate of drug-likeness (QED) is 0.670. The molecular formula is C13H14N2O4. The number of H-pyrrole nitrogens is 1. The first-order valence-electron chi connectivity index (χ1n) is 5.86. The number of rotatable bonds is 4. The van der Waals surface area contributed by atoms with Crippen molar-refractivity contribution in [2.45, 2.75) is 19.4 Å². The van der Waals surface area contributed by atoms with E-state index in [1.807, 2.05) is 0 Å². The van der Waals surface area contributed by atoms with Crippen LogP contribution in [0.5, 0.6) is 5.75 Å². The molecule has 1 aromatic heterocycles. The number of benzene rings is 1. The molecule has 0 fully saturated rings. The predicted molar refractivity (Wildman–Crippen MR) is 69.1 cm³/mol. The summed E-state index contributed by atoms with van der Waals surface area (Å²) in [5.74, 6) is -1.45. The molecule has 1 heterocycles. The molecule has 6 nitrogen and oxygen atoms in total. The Bertz CT molecular complexity index is 633. The molecule has 0 aliphatic heterocycles. The summed E-state index contributed by atoms with van der Waals surface area (Å²) in [6, 6.07) is 5.39. The van der Waals surface area contributed by atoms with E-state index in [9.17, 15) is 14.7 Å². The number of phenols is 1. The molecule has 0 bridgehead atoms. The van der Waals surface area contributed by atoms with Gasteiger partial charge in [0.15, 0.2) is 0 Å². The van der Waals surface area contributed by atoms with E-state index in [1.54, 1.807) is 19.1 Å². The summed E-state index contributed by atoms with van der Waals surface area (Å²) in [5, 5.41) is 21.4. The number of aromatic hydroxyl groups is 1. The Morgan fingerprint density at radius 2 is 2.11 bits per heavy atom. The maximum atomic E-state index is 11.9. The van der Waals surface area contributed by atoms with Crippen LogP contribution in [0, 0.1) is 0 Å². The molecule has 100 valence electrons. The Hall–Kier alpha value is -2.50. The molecule has 1 amide bonds. The van der Waals surface area contributed by atoms with E-state index in [2.05, 4.69) is 10.3 Å². The highest BCUT2D eigenvalue weighted by atomic mass is 16.4. The van der Waals surface area contributed by atoms with Gasteiger partial charge in [0, 0.05) is 17.0 Å². The highest BCUT2D eigenvalue weighted by Gasteiger charge is 2.19. The van der Waals surface area contributed by atoms with Crippen molar-refractivity contribution in [3.05, 3.63) is 30.0 Å². The first-order chi connectivity index (χ1) is 9.01. The molecular weight excluding hydrogens is 248 g/mol. The lowest BCUT2D eigenvalue weighted by Gasteiger charge is -2.10. The zero-order valence-corrected chi connectivity index (χ0v) is 10.3. The van der Waals surface area contributed by atoms with E-state index in [4.69, 9.17) is 5.11 Å². The standard InChI is InChI=1S/C13H14N2O4/c1-2-9(13(18)19)15-12(17)11-5-7-3-4-8(16)6-10(7)14-11/h3-6,9,14,16H,2H2,1H3,(H,15,17)(H,18,19). The molecule has 0 saturated carbocycles. The Balaban J connectivity index is 2.24. The minimum absolute atomic E-state index is 0.0956. The highest BCUT2D eigenvalue weighted by Crippen LogP contribution is 2.20. The molecule has 1 unspecified atom stereocenters. The number of carboxylic acid groups (broad SMARTS) is 1. The molecule has 2 rings (SSSR count). The molecule has 4 N–H and O–H groups in total. The van der Waals surface area contributed by atoms with Crippen molar-refractivity contribution in [2.75, 3.05) is 0 Å². The second kappa shape index (κ2) is 5.01. The van der Waals surface area contributed by atoms with Crippen LogP contribution in [0.15, 0.2) is 24.3 Å². The molecule has 0 aliphatic carbocycles. The molecule has 0 aliphatic rings. The molecule has 2 aromatic rings. The van der Waals surface area contributed by atoms with Crippen LogP contribution in [0.2, 0.25) is 0 Å². The summed E-state index contributed by atoms with van der Waals surface area (Å²) in [6.07, 6.45) is 0.308. The summed E-state index contributed by atoms with van der Waals surface area (Å²) >= 11 is 0. The second-order valence-electron chi connectivity index (χ2n) is 4.23. The number of hydrogen-bond acceptors (Lipinski definition) is 3. The van der Waals surface area contributed by atoms with Gasteiger partial charge in [0.05, 0.1) is 0 Å². The number of carbonyl (C=O) groups is 2. The highest BCUT2D eigenvalue weighted by molar-refractivity contribution is 5.99. The van der Waals surface area contributed by atoms with Crippen LogP contribution < -0.4 is 5.32 Å². The third kappa shape index (κ3) is 2.67. The topological polar surface area (TPSA) is 102 Å². The minimum Gasteiger partial charge on any atom is -0.508 e. The number of phenolic OH excluding ortho intramolecular Hbond substituents is 1. The fraction of sp³-hybridized carbons (Fsp3) is 0.231. The summed E-state index contributed by atoms with van der Waals surface area (Å²) in [7, 11) is 0. The predicted octanol–water partition coefficient (Wildman–Crippen LogP) is 1.47. The number of carboxylic acids is 1. The van der Waals surface area contributed by atoms with Gasteiger partial charge in [0.2, 0.25) is 0 Å². The first-order valence-corrected chi connectivity index (χ1v) is 5.86. The summed E-state index contributed by atoms with van der Waals surface area (Å²) in [5.41, 5.74) is 0.883. The van der Waals surface area contributed by atoms with Crippen molar-refractivity contribution in [1.82, 2.24) is 10.3 Å². The van der Waals surface area contributed by atoms with E-state index >= 15 is 0 Å². The number of aromatic amines is 1. The van der Waals surface area contributed by atoms with Crippen LogP contribution in [0.3, 0.4) is 0 Å². The lowest BCUT2D eigenvalue weighted by atomic mass is 10.2. The SMILES string of the molecule is CCC(NC(=O)c1cc2ccc(O)cc2[nH]1)C(=O)O. The van der Waals surface area contributed by atoms with Gasteiger partial charge < -0.3 is 20.5 Å². The molecule has 0 radical (unpaired) electrons.